The fraction of sp³-hybridized carbons (Fsp3) is 0.368. The number of hydrogen-bond acceptors (Lipinski definition) is 4. The summed E-state index contributed by atoms with van der Waals surface area (Å²) >= 11 is 0. The molecule has 1 fully saturated rings. The third kappa shape index (κ3) is 4.40. The highest BCUT2D eigenvalue weighted by atomic mass is 16.5. The molecule has 1 aliphatic heterocycles. The minimum atomic E-state index is -0.151. The third-order valence-corrected chi connectivity index (χ3v) is 4.04. The minimum Gasteiger partial charge on any atom is -0.376 e. The first-order chi connectivity index (χ1) is 11.7. The number of rotatable bonds is 6. The lowest BCUT2D eigenvalue weighted by molar-refractivity contribution is -0.121. The van der Waals surface area contributed by atoms with E-state index in [1.165, 1.54) is 0 Å². The molecule has 1 atom stereocenters. The molecule has 1 aromatic carbocycles. The van der Waals surface area contributed by atoms with E-state index in [-0.39, 0.29) is 18.6 Å². The zero-order valence-electron chi connectivity index (χ0n) is 13.8. The van der Waals surface area contributed by atoms with E-state index in [9.17, 15) is 4.79 Å². The number of amides is 1. The minimum absolute atomic E-state index is 0.0449. The van der Waals surface area contributed by atoms with Crippen molar-refractivity contribution in [2.24, 2.45) is 0 Å². The molecule has 1 N–H and O–H groups in total. The molecule has 1 amide bonds. The maximum absolute atomic E-state index is 12.0. The maximum atomic E-state index is 12.0. The molecule has 1 aromatic heterocycles. The van der Waals surface area contributed by atoms with Crippen LogP contribution < -0.4 is 5.32 Å². The smallest absolute Gasteiger partial charge is 0.250 e. The molecule has 126 valence electrons. The lowest BCUT2D eigenvalue weighted by Gasteiger charge is -2.12. The van der Waals surface area contributed by atoms with Gasteiger partial charge in [-0.3, -0.25) is 9.78 Å². The molecule has 3 rings (SSSR count). The number of pyridine rings is 1. The van der Waals surface area contributed by atoms with Crippen molar-refractivity contribution in [2.75, 3.05) is 25.1 Å². The van der Waals surface area contributed by atoms with Gasteiger partial charge < -0.3 is 14.8 Å². The van der Waals surface area contributed by atoms with Crippen LogP contribution in [0.5, 0.6) is 0 Å². The van der Waals surface area contributed by atoms with Crippen LogP contribution in [-0.4, -0.2) is 36.8 Å². The molecule has 0 aliphatic carbocycles. The Balaban J connectivity index is 1.53. The molecule has 1 unspecified atom stereocenters. The van der Waals surface area contributed by atoms with Gasteiger partial charge >= 0.3 is 0 Å². The molecule has 0 spiro atoms. The number of carbonyl (C=O) groups excluding carboxylic acids is 1. The summed E-state index contributed by atoms with van der Waals surface area (Å²) in [5, 5.41) is 2.87. The van der Waals surface area contributed by atoms with Crippen LogP contribution in [0.3, 0.4) is 0 Å². The first kappa shape index (κ1) is 16.6. The highest BCUT2D eigenvalue weighted by Gasteiger charge is 2.16. The molecule has 5 heteroatoms. The standard InChI is InChI=1S/C19H22N2O3/c1-14-10-16(6-7-18(14)15-4-2-8-20-11-15)21-19(22)13-23-12-17-5-3-9-24-17/h2,4,6-8,10-11,17H,3,5,9,12-13H2,1H3,(H,21,22). The first-order valence-corrected chi connectivity index (χ1v) is 8.22. The molecule has 24 heavy (non-hydrogen) atoms. The second-order valence-corrected chi connectivity index (χ2v) is 5.97. The summed E-state index contributed by atoms with van der Waals surface area (Å²) in [6.45, 7) is 3.34. The van der Waals surface area contributed by atoms with Crippen LogP contribution in [0.25, 0.3) is 11.1 Å². The van der Waals surface area contributed by atoms with Gasteiger partial charge in [-0.15, -0.1) is 0 Å². The average molecular weight is 326 g/mol. The highest BCUT2D eigenvalue weighted by molar-refractivity contribution is 5.92. The third-order valence-electron chi connectivity index (χ3n) is 4.04. The Labute approximate surface area is 142 Å². The second kappa shape index (κ2) is 8.04. The Morgan fingerprint density at radius 3 is 3.04 bits per heavy atom. The molecule has 5 nitrogen and oxygen atoms in total. The van der Waals surface area contributed by atoms with Crippen molar-refractivity contribution in [3.63, 3.8) is 0 Å². The molecular formula is C19H22N2O3. The van der Waals surface area contributed by atoms with Crippen LogP contribution >= 0.6 is 0 Å². The zero-order chi connectivity index (χ0) is 16.8. The Hall–Kier alpha value is -2.24. The van der Waals surface area contributed by atoms with Gasteiger partial charge in [-0.2, -0.15) is 0 Å². The first-order valence-electron chi connectivity index (χ1n) is 8.22. The van der Waals surface area contributed by atoms with E-state index < -0.39 is 0 Å². The van der Waals surface area contributed by atoms with Crippen LogP contribution in [0.2, 0.25) is 0 Å². The molecular weight excluding hydrogens is 304 g/mol. The molecule has 0 radical (unpaired) electrons. The molecule has 0 bridgehead atoms. The number of carbonyl (C=O) groups is 1. The van der Waals surface area contributed by atoms with Crippen LogP contribution in [-0.2, 0) is 14.3 Å². The number of aromatic nitrogens is 1. The lowest BCUT2D eigenvalue weighted by atomic mass is 10.0. The Morgan fingerprint density at radius 1 is 1.42 bits per heavy atom. The van der Waals surface area contributed by atoms with E-state index in [0.29, 0.717) is 6.61 Å². The van der Waals surface area contributed by atoms with Crippen LogP contribution in [0.15, 0.2) is 42.7 Å². The van der Waals surface area contributed by atoms with E-state index in [0.717, 1.165) is 41.8 Å². The maximum Gasteiger partial charge on any atom is 0.250 e. The SMILES string of the molecule is Cc1cc(NC(=O)COCC2CCCO2)ccc1-c1cccnc1. The summed E-state index contributed by atoms with van der Waals surface area (Å²) in [4.78, 5) is 16.1. The predicted molar refractivity (Wildman–Crippen MR) is 92.8 cm³/mol. The summed E-state index contributed by atoms with van der Waals surface area (Å²) in [5.74, 6) is -0.151. The number of benzene rings is 1. The van der Waals surface area contributed by atoms with Crippen molar-refractivity contribution in [3.8, 4) is 11.1 Å². The van der Waals surface area contributed by atoms with E-state index in [1.807, 2.05) is 43.5 Å². The van der Waals surface area contributed by atoms with Gasteiger partial charge in [0.25, 0.3) is 0 Å². The van der Waals surface area contributed by atoms with Crippen molar-refractivity contribution in [3.05, 3.63) is 48.3 Å². The summed E-state index contributed by atoms with van der Waals surface area (Å²) in [5.41, 5.74) is 4.02. The largest absolute Gasteiger partial charge is 0.376 e. The van der Waals surface area contributed by atoms with E-state index >= 15 is 0 Å². The molecule has 2 aromatic rings. The quantitative estimate of drug-likeness (QED) is 0.885. The Kier molecular flexibility index (Phi) is 5.56. The highest BCUT2D eigenvalue weighted by Crippen LogP contribution is 2.25. The summed E-state index contributed by atoms with van der Waals surface area (Å²) in [6, 6.07) is 9.78. The molecule has 1 saturated heterocycles. The zero-order valence-corrected chi connectivity index (χ0v) is 13.8. The van der Waals surface area contributed by atoms with Gasteiger partial charge in [0.15, 0.2) is 0 Å². The Morgan fingerprint density at radius 2 is 2.33 bits per heavy atom. The van der Waals surface area contributed by atoms with E-state index in [2.05, 4.69) is 10.3 Å². The monoisotopic (exact) mass is 326 g/mol. The fourth-order valence-electron chi connectivity index (χ4n) is 2.84. The van der Waals surface area contributed by atoms with Gasteiger partial charge in [0, 0.05) is 30.3 Å². The summed E-state index contributed by atoms with van der Waals surface area (Å²) < 4.78 is 10.9. The van der Waals surface area contributed by atoms with Gasteiger partial charge in [0.2, 0.25) is 5.91 Å². The second-order valence-electron chi connectivity index (χ2n) is 5.97. The van der Waals surface area contributed by atoms with Crippen molar-refractivity contribution in [1.29, 1.82) is 0 Å². The van der Waals surface area contributed by atoms with E-state index in [1.54, 1.807) is 6.20 Å². The topological polar surface area (TPSA) is 60.5 Å². The number of ether oxygens (including phenoxy) is 2. The van der Waals surface area contributed by atoms with Gasteiger partial charge in [-0.05, 0) is 49.1 Å². The Bertz CT molecular complexity index is 682. The van der Waals surface area contributed by atoms with Crippen LogP contribution in [0.4, 0.5) is 5.69 Å². The number of nitrogens with one attached hydrogen (secondary N) is 1. The normalized spacial score (nSPS) is 17.0. The predicted octanol–water partition coefficient (Wildman–Crippen LogP) is 3.19. The number of anilines is 1. The average Bonchev–Trinajstić information content (AvgIpc) is 3.09. The van der Waals surface area contributed by atoms with Crippen LogP contribution in [0, 0.1) is 6.92 Å². The number of hydrogen-bond donors (Lipinski definition) is 1. The van der Waals surface area contributed by atoms with Crippen molar-refractivity contribution < 1.29 is 14.3 Å². The summed E-state index contributed by atoms with van der Waals surface area (Å²) in [6.07, 6.45) is 5.81. The van der Waals surface area contributed by atoms with Crippen LogP contribution in [0.1, 0.15) is 18.4 Å². The van der Waals surface area contributed by atoms with E-state index in [4.69, 9.17) is 9.47 Å². The van der Waals surface area contributed by atoms with Crippen molar-refractivity contribution in [1.82, 2.24) is 4.98 Å². The van der Waals surface area contributed by atoms with Gasteiger partial charge in [-0.25, -0.2) is 0 Å². The number of aryl methyl sites for hydroxylation is 1. The molecule has 2 heterocycles. The molecule has 1 aliphatic rings. The lowest BCUT2D eigenvalue weighted by Crippen LogP contribution is -2.22. The van der Waals surface area contributed by atoms with Gasteiger partial charge in [-0.1, -0.05) is 12.1 Å². The number of nitrogens with zero attached hydrogens (tertiary/aromatic N) is 1. The van der Waals surface area contributed by atoms with Gasteiger partial charge in [0.1, 0.15) is 6.61 Å². The van der Waals surface area contributed by atoms with Gasteiger partial charge in [0.05, 0.1) is 12.7 Å². The van der Waals surface area contributed by atoms with Crippen molar-refractivity contribution in [2.45, 2.75) is 25.9 Å². The summed E-state index contributed by atoms with van der Waals surface area (Å²) in [7, 11) is 0. The molecule has 0 saturated carbocycles. The fourth-order valence-corrected chi connectivity index (χ4v) is 2.84. The van der Waals surface area contributed by atoms with Crippen molar-refractivity contribution >= 4 is 11.6 Å².